The molecule has 0 spiro atoms. The summed E-state index contributed by atoms with van der Waals surface area (Å²) in [5.41, 5.74) is 1.53. The molecular formula is C21H28N4O3. The molecule has 2 fully saturated rings. The molecule has 7 heteroatoms. The fourth-order valence-corrected chi connectivity index (χ4v) is 3.78. The van der Waals surface area contributed by atoms with Crippen molar-refractivity contribution in [1.82, 2.24) is 15.0 Å². The van der Waals surface area contributed by atoms with Crippen LogP contribution in [0.2, 0.25) is 0 Å². The molecule has 2 aliphatic rings. The van der Waals surface area contributed by atoms with E-state index in [1.54, 1.807) is 7.11 Å². The molecule has 2 heterocycles. The fourth-order valence-electron chi connectivity index (χ4n) is 3.78. The average molecular weight is 384 g/mol. The van der Waals surface area contributed by atoms with Crippen molar-refractivity contribution in [3.05, 3.63) is 41.5 Å². The van der Waals surface area contributed by atoms with Crippen LogP contribution in [0.15, 0.2) is 28.8 Å². The van der Waals surface area contributed by atoms with Gasteiger partial charge >= 0.3 is 0 Å². The molecule has 7 nitrogen and oxygen atoms in total. The van der Waals surface area contributed by atoms with Crippen LogP contribution in [0.4, 0.5) is 5.69 Å². The third-order valence-corrected chi connectivity index (χ3v) is 5.81. The van der Waals surface area contributed by atoms with Crippen LogP contribution in [-0.4, -0.2) is 47.7 Å². The van der Waals surface area contributed by atoms with E-state index in [0.29, 0.717) is 18.4 Å². The Bertz CT molecular complexity index is 823. The minimum absolute atomic E-state index is 0.00646. The monoisotopic (exact) mass is 384 g/mol. The molecule has 0 unspecified atom stereocenters. The van der Waals surface area contributed by atoms with E-state index in [-0.39, 0.29) is 5.91 Å². The van der Waals surface area contributed by atoms with Gasteiger partial charge in [-0.3, -0.25) is 9.69 Å². The molecule has 0 bridgehead atoms. The number of ether oxygens (including phenoxy) is 1. The van der Waals surface area contributed by atoms with Gasteiger partial charge in [0, 0.05) is 31.8 Å². The molecule has 1 N–H and O–H groups in total. The first kappa shape index (κ1) is 19.1. The zero-order valence-corrected chi connectivity index (χ0v) is 16.6. The molecule has 1 saturated heterocycles. The van der Waals surface area contributed by atoms with E-state index >= 15 is 0 Å². The van der Waals surface area contributed by atoms with Gasteiger partial charge in [-0.1, -0.05) is 24.2 Å². The number of nitrogens with zero attached hydrogens (tertiary/aromatic N) is 3. The molecular weight excluding hydrogens is 356 g/mol. The Kier molecular flexibility index (Phi) is 5.46. The van der Waals surface area contributed by atoms with Gasteiger partial charge in [-0.2, -0.15) is 4.98 Å². The first-order chi connectivity index (χ1) is 13.6. The van der Waals surface area contributed by atoms with Crippen molar-refractivity contribution in [2.24, 2.45) is 0 Å². The minimum atomic E-state index is -0.539. The van der Waals surface area contributed by atoms with E-state index in [1.807, 2.05) is 18.2 Å². The number of aryl methyl sites for hydroxylation is 1. The quantitative estimate of drug-likeness (QED) is 0.790. The van der Waals surface area contributed by atoms with E-state index in [2.05, 4.69) is 33.3 Å². The summed E-state index contributed by atoms with van der Waals surface area (Å²) in [5, 5.41) is 7.13. The predicted octanol–water partition coefficient (Wildman–Crippen LogP) is 3.09. The molecule has 0 atom stereocenters. The van der Waals surface area contributed by atoms with Crippen molar-refractivity contribution >= 4 is 11.6 Å². The van der Waals surface area contributed by atoms with Gasteiger partial charge in [-0.05, 0) is 49.8 Å². The van der Waals surface area contributed by atoms with E-state index < -0.39 is 5.60 Å². The van der Waals surface area contributed by atoms with Gasteiger partial charge in [0.15, 0.2) is 5.82 Å². The summed E-state index contributed by atoms with van der Waals surface area (Å²) in [6.07, 6.45) is 4.70. The summed E-state index contributed by atoms with van der Waals surface area (Å²) >= 11 is 0. The maximum atomic E-state index is 12.4. The van der Waals surface area contributed by atoms with Gasteiger partial charge in [0.25, 0.3) is 5.89 Å². The molecule has 1 aliphatic carbocycles. The highest BCUT2D eigenvalue weighted by Crippen LogP contribution is 2.41. The molecule has 1 amide bonds. The summed E-state index contributed by atoms with van der Waals surface area (Å²) in [4.78, 5) is 19.2. The molecule has 2 aromatic rings. The lowest BCUT2D eigenvalue weighted by molar-refractivity contribution is -0.120. The minimum Gasteiger partial charge on any atom is -0.368 e. The number of piperidine rings is 1. The first-order valence-electron chi connectivity index (χ1n) is 10.1. The standard InChI is InChI=1S/C21H28N4O3/c1-3-15-5-4-6-17(13-15)22-18(26)14-25-11-9-21(27-2,10-12-25)20-23-19(24-28-20)16-7-8-16/h4-6,13,16H,3,7-12,14H2,1-2H3,(H,22,26). The maximum absolute atomic E-state index is 12.4. The lowest BCUT2D eigenvalue weighted by atomic mass is 9.91. The molecule has 1 aromatic carbocycles. The predicted molar refractivity (Wildman–Crippen MR) is 105 cm³/mol. The lowest BCUT2D eigenvalue weighted by Crippen LogP contribution is -2.46. The number of benzene rings is 1. The smallest absolute Gasteiger partial charge is 0.258 e. The number of carbonyl (C=O) groups is 1. The van der Waals surface area contributed by atoms with Gasteiger partial charge in [0.05, 0.1) is 6.54 Å². The topological polar surface area (TPSA) is 80.5 Å². The van der Waals surface area contributed by atoms with Crippen LogP contribution in [-0.2, 0) is 21.6 Å². The number of hydrogen-bond acceptors (Lipinski definition) is 6. The Hall–Kier alpha value is -2.25. The molecule has 1 aliphatic heterocycles. The normalized spacial score (nSPS) is 19.5. The van der Waals surface area contributed by atoms with E-state index in [1.165, 1.54) is 5.56 Å². The van der Waals surface area contributed by atoms with Crippen LogP contribution in [0.3, 0.4) is 0 Å². The number of rotatable bonds is 7. The number of likely N-dealkylation sites (tertiary alicyclic amines) is 1. The summed E-state index contributed by atoms with van der Waals surface area (Å²) in [6, 6.07) is 7.99. The fraction of sp³-hybridized carbons (Fsp3) is 0.571. The number of anilines is 1. The third kappa shape index (κ3) is 4.10. The molecule has 28 heavy (non-hydrogen) atoms. The van der Waals surface area contributed by atoms with Crippen LogP contribution in [0.25, 0.3) is 0 Å². The summed E-state index contributed by atoms with van der Waals surface area (Å²) in [5.74, 6) is 1.85. The van der Waals surface area contributed by atoms with Gasteiger partial charge in [0.1, 0.15) is 5.60 Å². The molecule has 4 rings (SSSR count). The highest BCUT2D eigenvalue weighted by atomic mass is 16.5. The Morgan fingerprint density at radius 1 is 1.36 bits per heavy atom. The van der Waals surface area contributed by atoms with Crippen LogP contribution in [0.5, 0.6) is 0 Å². The first-order valence-corrected chi connectivity index (χ1v) is 10.1. The Labute approximate surface area is 165 Å². The molecule has 1 aromatic heterocycles. The summed E-state index contributed by atoms with van der Waals surface area (Å²) < 4.78 is 11.4. The molecule has 1 saturated carbocycles. The van der Waals surface area contributed by atoms with E-state index in [0.717, 1.165) is 56.7 Å². The van der Waals surface area contributed by atoms with Crippen molar-refractivity contribution < 1.29 is 14.1 Å². The van der Waals surface area contributed by atoms with Crippen LogP contribution < -0.4 is 5.32 Å². The Morgan fingerprint density at radius 3 is 2.82 bits per heavy atom. The SMILES string of the molecule is CCc1cccc(NC(=O)CN2CCC(OC)(c3nc(C4CC4)no3)CC2)c1. The van der Waals surface area contributed by atoms with Gasteiger partial charge < -0.3 is 14.6 Å². The lowest BCUT2D eigenvalue weighted by Gasteiger charge is -2.37. The second-order valence-corrected chi connectivity index (χ2v) is 7.81. The zero-order valence-electron chi connectivity index (χ0n) is 16.6. The van der Waals surface area contributed by atoms with Crippen LogP contribution in [0.1, 0.15) is 55.8 Å². The van der Waals surface area contributed by atoms with Gasteiger partial charge in [0.2, 0.25) is 5.91 Å². The average Bonchev–Trinajstić information content (AvgIpc) is 3.45. The second kappa shape index (κ2) is 8.01. The largest absolute Gasteiger partial charge is 0.368 e. The highest BCUT2D eigenvalue weighted by molar-refractivity contribution is 5.92. The Morgan fingerprint density at radius 2 is 2.14 bits per heavy atom. The van der Waals surface area contributed by atoms with E-state index in [9.17, 15) is 4.79 Å². The number of amides is 1. The van der Waals surface area contributed by atoms with Crippen molar-refractivity contribution in [1.29, 1.82) is 0 Å². The van der Waals surface area contributed by atoms with E-state index in [4.69, 9.17) is 9.26 Å². The molecule has 0 radical (unpaired) electrons. The van der Waals surface area contributed by atoms with Gasteiger partial charge in [-0.15, -0.1) is 0 Å². The van der Waals surface area contributed by atoms with Crippen LogP contribution in [0, 0.1) is 0 Å². The van der Waals surface area contributed by atoms with Gasteiger partial charge in [-0.25, -0.2) is 0 Å². The number of hydrogen-bond donors (Lipinski definition) is 1. The van der Waals surface area contributed by atoms with Crippen molar-refractivity contribution in [3.8, 4) is 0 Å². The zero-order chi connectivity index (χ0) is 19.6. The maximum Gasteiger partial charge on any atom is 0.258 e. The van der Waals surface area contributed by atoms with Crippen molar-refractivity contribution in [3.63, 3.8) is 0 Å². The second-order valence-electron chi connectivity index (χ2n) is 7.81. The number of aromatic nitrogens is 2. The number of carbonyl (C=O) groups excluding carboxylic acids is 1. The Balaban J connectivity index is 1.32. The van der Waals surface area contributed by atoms with Crippen LogP contribution >= 0.6 is 0 Å². The third-order valence-electron chi connectivity index (χ3n) is 5.81. The summed E-state index contributed by atoms with van der Waals surface area (Å²) in [7, 11) is 1.70. The highest BCUT2D eigenvalue weighted by Gasteiger charge is 2.42. The molecule has 150 valence electrons. The van der Waals surface area contributed by atoms with Crippen molar-refractivity contribution in [2.45, 2.75) is 50.5 Å². The summed E-state index contributed by atoms with van der Waals surface area (Å²) in [6.45, 7) is 3.97. The number of methoxy groups -OCH3 is 1. The number of nitrogens with one attached hydrogen (secondary N) is 1. The van der Waals surface area contributed by atoms with Crippen molar-refractivity contribution in [2.75, 3.05) is 32.1 Å².